The van der Waals surface area contributed by atoms with Crippen LogP contribution in [0.1, 0.15) is 39.7 Å². The van der Waals surface area contributed by atoms with Gasteiger partial charge in [0.15, 0.2) is 0 Å². The first-order chi connectivity index (χ1) is 9.01. The Morgan fingerprint density at radius 1 is 1.32 bits per heavy atom. The van der Waals surface area contributed by atoms with E-state index in [0.717, 1.165) is 17.1 Å². The molecule has 0 saturated heterocycles. The fourth-order valence-corrected chi connectivity index (χ4v) is 2.95. The van der Waals surface area contributed by atoms with Gasteiger partial charge in [-0.25, -0.2) is 0 Å². The summed E-state index contributed by atoms with van der Waals surface area (Å²) < 4.78 is 0. The molecule has 1 N–H and O–H groups in total. The minimum absolute atomic E-state index is 0.187. The molecule has 0 spiro atoms. The van der Waals surface area contributed by atoms with Gasteiger partial charge in [0.05, 0.1) is 23.0 Å². The molecule has 3 nitrogen and oxygen atoms in total. The first kappa shape index (κ1) is 13.6. The normalized spacial score (nSPS) is 11.9. The summed E-state index contributed by atoms with van der Waals surface area (Å²) in [6.45, 7) is 8.02. The number of hydrogen-bond donors (Lipinski definition) is 1. The second-order valence-electron chi connectivity index (χ2n) is 4.70. The standard InChI is InChI=1S/C15H17N3S/c1-9-7-14(13(8-16)11(3)17-9)18-12(4)15-6-5-10(2)19-15/h5-7,12H,1-4H3,(H,17,18). The Bertz CT molecular complexity index is 637. The minimum atomic E-state index is 0.187. The number of nitriles is 1. The summed E-state index contributed by atoms with van der Waals surface area (Å²) in [5.74, 6) is 0. The third kappa shape index (κ3) is 2.94. The van der Waals surface area contributed by atoms with E-state index in [-0.39, 0.29) is 6.04 Å². The highest BCUT2D eigenvalue weighted by molar-refractivity contribution is 7.12. The number of hydrogen-bond acceptors (Lipinski definition) is 4. The molecule has 2 aromatic heterocycles. The Labute approximate surface area is 117 Å². The van der Waals surface area contributed by atoms with Crippen LogP contribution >= 0.6 is 11.3 Å². The first-order valence-electron chi connectivity index (χ1n) is 6.22. The van der Waals surface area contributed by atoms with Crippen LogP contribution in [0.15, 0.2) is 18.2 Å². The average Bonchev–Trinajstić information content (AvgIpc) is 2.75. The van der Waals surface area contributed by atoms with E-state index in [4.69, 9.17) is 0 Å². The smallest absolute Gasteiger partial charge is 0.103 e. The van der Waals surface area contributed by atoms with Crippen LogP contribution in [-0.2, 0) is 0 Å². The lowest BCUT2D eigenvalue weighted by Crippen LogP contribution is -2.08. The molecule has 1 atom stereocenters. The van der Waals surface area contributed by atoms with Crippen molar-refractivity contribution < 1.29 is 0 Å². The zero-order chi connectivity index (χ0) is 14.0. The summed E-state index contributed by atoms with van der Waals surface area (Å²) in [6, 6.07) is 8.60. The van der Waals surface area contributed by atoms with Gasteiger partial charge in [-0.3, -0.25) is 4.98 Å². The van der Waals surface area contributed by atoms with Crippen molar-refractivity contribution in [2.45, 2.75) is 33.7 Å². The lowest BCUT2D eigenvalue weighted by molar-refractivity contribution is 0.903. The van der Waals surface area contributed by atoms with E-state index >= 15 is 0 Å². The fourth-order valence-electron chi connectivity index (χ4n) is 2.07. The van der Waals surface area contributed by atoms with Crippen molar-refractivity contribution in [1.29, 1.82) is 5.26 Å². The van der Waals surface area contributed by atoms with E-state index in [1.165, 1.54) is 9.75 Å². The maximum absolute atomic E-state index is 9.25. The summed E-state index contributed by atoms with van der Waals surface area (Å²) in [7, 11) is 0. The predicted octanol–water partition coefficient (Wildman–Crippen LogP) is 4.11. The van der Waals surface area contributed by atoms with Gasteiger partial charge in [0.25, 0.3) is 0 Å². The van der Waals surface area contributed by atoms with Crippen LogP contribution in [0.5, 0.6) is 0 Å². The van der Waals surface area contributed by atoms with Crippen molar-refractivity contribution in [1.82, 2.24) is 4.98 Å². The molecule has 0 aliphatic heterocycles. The van der Waals surface area contributed by atoms with Crippen LogP contribution in [0, 0.1) is 32.1 Å². The monoisotopic (exact) mass is 271 g/mol. The molecule has 0 bridgehead atoms. The van der Waals surface area contributed by atoms with Crippen molar-refractivity contribution in [3.05, 3.63) is 44.9 Å². The number of nitrogens with zero attached hydrogens (tertiary/aromatic N) is 2. The highest BCUT2D eigenvalue weighted by Crippen LogP contribution is 2.28. The molecule has 98 valence electrons. The van der Waals surface area contributed by atoms with E-state index < -0.39 is 0 Å². The van der Waals surface area contributed by atoms with Gasteiger partial charge in [-0.1, -0.05) is 0 Å². The van der Waals surface area contributed by atoms with Crippen LogP contribution < -0.4 is 5.32 Å². The van der Waals surface area contributed by atoms with Crippen molar-refractivity contribution in [3.63, 3.8) is 0 Å². The molecule has 19 heavy (non-hydrogen) atoms. The van der Waals surface area contributed by atoms with Crippen molar-refractivity contribution >= 4 is 17.0 Å². The minimum Gasteiger partial charge on any atom is -0.377 e. The molecular formula is C15H17N3S. The van der Waals surface area contributed by atoms with Crippen molar-refractivity contribution in [2.75, 3.05) is 5.32 Å². The van der Waals surface area contributed by atoms with E-state index in [2.05, 4.69) is 42.4 Å². The van der Waals surface area contributed by atoms with E-state index in [9.17, 15) is 5.26 Å². The Morgan fingerprint density at radius 3 is 2.63 bits per heavy atom. The topological polar surface area (TPSA) is 48.7 Å². The summed E-state index contributed by atoms with van der Waals surface area (Å²) >= 11 is 1.78. The molecule has 0 aliphatic rings. The lowest BCUT2D eigenvalue weighted by atomic mass is 10.1. The van der Waals surface area contributed by atoms with Gasteiger partial charge in [0.1, 0.15) is 6.07 Å². The van der Waals surface area contributed by atoms with Gasteiger partial charge in [-0.15, -0.1) is 11.3 Å². The highest BCUT2D eigenvalue weighted by Gasteiger charge is 2.12. The second kappa shape index (κ2) is 5.41. The van der Waals surface area contributed by atoms with E-state index in [0.29, 0.717) is 5.56 Å². The molecule has 0 aliphatic carbocycles. The van der Waals surface area contributed by atoms with E-state index in [1.54, 1.807) is 11.3 Å². The number of thiophene rings is 1. The fraction of sp³-hybridized carbons (Fsp3) is 0.333. The summed E-state index contributed by atoms with van der Waals surface area (Å²) in [6.07, 6.45) is 0. The summed E-state index contributed by atoms with van der Waals surface area (Å²) in [4.78, 5) is 6.90. The number of pyridine rings is 1. The van der Waals surface area contributed by atoms with Gasteiger partial charge in [0, 0.05) is 15.4 Å². The molecule has 2 heterocycles. The molecule has 0 aromatic carbocycles. The number of rotatable bonds is 3. The van der Waals surface area contributed by atoms with Crippen LogP contribution in [-0.4, -0.2) is 4.98 Å². The maximum atomic E-state index is 9.25. The van der Waals surface area contributed by atoms with Gasteiger partial charge < -0.3 is 5.32 Å². The molecule has 0 saturated carbocycles. The van der Waals surface area contributed by atoms with Crippen molar-refractivity contribution in [2.24, 2.45) is 0 Å². The van der Waals surface area contributed by atoms with Crippen LogP contribution in [0.2, 0.25) is 0 Å². The number of anilines is 1. The highest BCUT2D eigenvalue weighted by atomic mass is 32.1. The van der Waals surface area contributed by atoms with Gasteiger partial charge in [-0.05, 0) is 45.9 Å². The molecule has 0 fully saturated rings. The van der Waals surface area contributed by atoms with Gasteiger partial charge in [-0.2, -0.15) is 5.26 Å². The third-order valence-corrected chi connectivity index (χ3v) is 4.18. The predicted molar refractivity (Wildman–Crippen MR) is 79.5 cm³/mol. The summed E-state index contributed by atoms with van der Waals surface area (Å²) in [5, 5.41) is 12.7. The zero-order valence-electron chi connectivity index (χ0n) is 11.6. The molecule has 2 rings (SSSR count). The molecule has 0 amide bonds. The maximum Gasteiger partial charge on any atom is 0.103 e. The average molecular weight is 271 g/mol. The summed E-state index contributed by atoms with van der Waals surface area (Å²) in [5.41, 5.74) is 3.20. The Morgan fingerprint density at radius 2 is 2.05 bits per heavy atom. The quantitative estimate of drug-likeness (QED) is 0.913. The Balaban J connectivity index is 2.31. The van der Waals surface area contributed by atoms with Gasteiger partial charge in [0.2, 0.25) is 0 Å². The van der Waals surface area contributed by atoms with Crippen LogP contribution in [0.3, 0.4) is 0 Å². The number of nitrogens with one attached hydrogen (secondary N) is 1. The molecule has 0 radical (unpaired) electrons. The number of aromatic nitrogens is 1. The molecule has 1 unspecified atom stereocenters. The first-order valence-corrected chi connectivity index (χ1v) is 7.04. The van der Waals surface area contributed by atoms with E-state index in [1.807, 2.05) is 19.9 Å². The van der Waals surface area contributed by atoms with Crippen LogP contribution in [0.25, 0.3) is 0 Å². The Kier molecular flexibility index (Phi) is 3.87. The molecule has 4 heteroatoms. The van der Waals surface area contributed by atoms with Crippen molar-refractivity contribution in [3.8, 4) is 6.07 Å². The molecule has 2 aromatic rings. The third-order valence-electron chi connectivity index (χ3n) is 3.00. The Hall–Kier alpha value is -1.86. The second-order valence-corrected chi connectivity index (χ2v) is 6.02. The number of aryl methyl sites for hydroxylation is 3. The molecular weight excluding hydrogens is 254 g/mol. The SMILES string of the molecule is Cc1cc(NC(C)c2ccc(C)s2)c(C#N)c(C)n1. The van der Waals surface area contributed by atoms with Crippen LogP contribution in [0.4, 0.5) is 5.69 Å². The zero-order valence-corrected chi connectivity index (χ0v) is 12.4. The largest absolute Gasteiger partial charge is 0.377 e. The lowest BCUT2D eigenvalue weighted by Gasteiger charge is -2.16. The van der Waals surface area contributed by atoms with Gasteiger partial charge >= 0.3 is 0 Å².